The maximum Gasteiger partial charge on any atom is 0.404 e. The van der Waals surface area contributed by atoms with E-state index in [1.54, 1.807) is 25.3 Å². The Hall–Kier alpha value is -3.75. The first-order valence-electron chi connectivity index (χ1n) is 10.0. The third-order valence-electron chi connectivity index (χ3n) is 4.52. The van der Waals surface area contributed by atoms with Gasteiger partial charge in [-0.05, 0) is 43.9 Å². The third kappa shape index (κ3) is 6.11. The monoisotopic (exact) mass is 425 g/mol. The van der Waals surface area contributed by atoms with Crippen LogP contribution in [0.3, 0.4) is 0 Å². The second kappa shape index (κ2) is 9.38. The van der Waals surface area contributed by atoms with Crippen LogP contribution in [0, 0.1) is 5.92 Å². The van der Waals surface area contributed by atoms with E-state index in [4.69, 9.17) is 23.7 Å². The standard InChI is InChI=1S/C22H23N3O6/c1-14(25-22(26)27)12-29-20-11-24-21(31-20)16-7-8-19(23-10-16)30-18-4-2-3-17(9-18)28-13-15-5-6-15/h2-4,7-11,14-15,25H,5-6,12-13H2,1H3,(H,26,27)/t14-/m0/s1. The van der Waals surface area contributed by atoms with Crippen molar-refractivity contribution in [3.05, 3.63) is 48.8 Å². The van der Waals surface area contributed by atoms with Gasteiger partial charge in [0.1, 0.15) is 24.3 Å². The summed E-state index contributed by atoms with van der Waals surface area (Å²) in [5, 5.41) is 11.0. The smallest absolute Gasteiger partial charge is 0.404 e. The number of amides is 1. The van der Waals surface area contributed by atoms with Gasteiger partial charge in [-0.25, -0.2) is 14.8 Å². The summed E-state index contributed by atoms with van der Waals surface area (Å²) in [4.78, 5) is 19.1. The van der Waals surface area contributed by atoms with Gasteiger partial charge in [0, 0.05) is 18.3 Å². The van der Waals surface area contributed by atoms with E-state index in [9.17, 15) is 4.79 Å². The average molecular weight is 425 g/mol. The van der Waals surface area contributed by atoms with E-state index in [2.05, 4.69) is 15.3 Å². The maximum absolute atomic E-state index is 10.6. The van der Waals surface area contributed by atoms with Crippen molar-refractivity contribution in [2.75, 3.05) is 13.2 Å². The van der Waals surface area contributed by atoms with Gasteiger partial charge in [-0.2, -0.15) is 0 Å². The molecule has 0 spiro atoms. The van der Waals surface area contributed by atoms with Crippen LogP contribution in [0.2, 0.25) is 0 Å². The zero-order valence-electron chi connectivity index (χ0n) is 17.0. The molecule has 0 saturated heterocycles. The molecular formula is C22H23N3O6. The van der Waals surface area contributed by atoms with Gasteiger partial charge in [-0.3, -0.25) is 0 Å². The first-order chi connectivity index (χ1) is 15.0. The van der Waals surface area contributed by atoms with Crippen LogP contribution in [-0.2, 0) is 0 Å². The van der Waals surface area contributed by atoms with E-state index < -0.39 is 6.09 Å². The van der Waals surface area contributed by atoms with Gasteiger partial charge in [-0.1, -0.05) is 6.07 Å². The fourth-order valence-corrected chi connectivity index (χ4v) is 2.73. The minimum absolute atomic E-state index is 0.120. The van der Waals surface area contributed by atoms with Gasteiger partial charge in [0.15, 0.2) is 0 Å². The lowest BCUT2D eigenvalue weighted by Gasteiger charge is -2.10. The van der Waals surface area contributed by atoms with Crippen LogP contribution < -0.4 is 19.5 Å². The van der Waals surface area contributed by atoms with Gasteiger partial charge in [0.25, 0.3) is 0 Å². The number of hydrogen-bond donors (Lipinski definition) is 2. The predicted octanol–water partition coefficient (Wildman–Crippen LogP) is 4.35. The summed E-state index contributed by atoms with van der Waals surface area (Å²) in [5.41, 5.74) is 0.653. The molecule has 1 amide bonds. The Labute approximate surface area is 179 Å². The molecule has 9 heteroatoms. The van der Waals surface area contributed by atoms with Crippen molar-refractivity contribution in [2.45, 2.75) is 25.8 Å². The molecule has 1 aliphatic rings. The number of rotatable bonds is 10. The number of oxazole rings is 1. The number of carboxylic acid groups (broad SMARTS) is 1. The van der Waals surface area contributed by atoms with E-state index in [0.717, 1.165) is 12.4 Å². The second-order valence-electron chi connectivity index (χ2n) is 7.36. The van der Waals surface area contributed by atoms with Crippen molar-refractivity contribution in [1.82, 2.24) is 15.3 Å². The van der Waals surface area contributed by atoms with E-state index >= 15 is 0 Å². The summed E-state index contributed by atoms with van der Waals surface area (Å²) in [6.45, 7) is 2.55. The SMILES string of the molecule is C[C@@H](COc1cnc(-c2ccc(Oc3cccc(OCC4CC4)c3)nc2)o1)NC(=O)O. The van der Waals surface area contributed by atoms with Crippen LogP contribution in [0.4, 0.5) is 4.79 Å². The molecule has 0 bridgehead atoms. The van der Waals surface area contributed by atoms with Gasteiger partial charge in [-0.15, -0.1) is 0 Å². The molecule has 1 saturated carbocycles. The van der Waals surface area contributed by atoms with Crippen molar-refractivity contribution < 1.29 is 28.5 Å². The summed E-state index contributed by atoms with van der Waals surface area (Å²) in [7, 11) is 0. The Kier molecular flexibility index (Phi) is 6.21. The number of aromatic nitrogens is 2. The Bertz CT molecular complexity index is 1020. The highest BCUT2D eigenvalue weighted by atomic mass is 16.6. The first kappa shape index (κ1) is 20.5. The topological polar surface area (TPSA) is 116 Å². The molecule has 2 heterocycles. The van der Waals surface area contributed by atoms with Crippen molar-refractivity contribution >= 4 is 6.09 Å². The average Bonchev–Trinajstić information content (AvgIpc) is 3.47. The van der Waals surface area contributed by atoms with Crippen LogP contribution in [0.15, 0.2) is 53.2 Å². The van der Waals surface area contributed by atoms with Crippen LogP contribution in [0.1, 0.15) is 19.8 Å². The third-order valence-corrected chi connectivity index (χ3v) is 4.52. The van der Waals surface area contributed by atoms with Crippen molar-refractivity contribution in [1.29, 1.82) is 0 Å². The molecule has 9 nitrogen and oxygen atoms in total. The maximum atomic E-state index is 10.6. The van der Waals surface area contributed by atoms with Crippen molar-refractivity contribution in [2.24, 2.45) is 5.92 Å². The fourth-order valence-electron chi connectivity index (χ4n) is 2.73. The highest BCUT2D eigenvalue weighted by molar-refractivity contribution is 5.64. The Balaban J connectivity index is 1.32. The zero-order valence-corrected chi connectivity index (χ0v) is 17.0. The van der Waals surface area contributed by atoms with Crippen LogP contribution in [-0.4, -0.2) is 40.4 Å². The summed E-state index contributed by atoms with van der Waals surface area (Å²) in [5.74, 6) is 3.07. The molecule has 31 heavy (non-hydrogen) atoms. The van der Waals surface area contributed by atoms with E-state index in [1.165, 1.54) is 19.0 Å². The number of nitrogens with one attached hydrogen (secondary N) is 1. The zero-order chi connectivity index (χ0) is 21.6. The summed E-state index contributed by atoms with van der Waals surface area (Å²) < 4.78 is 22.5. The Morgan fingerprint density at radius 3 is 2.77 bits per heavy atom. The number of hydrogen-bond acceptors (Lipinski definition) is 7. The molecule has 2 N–H and O–H groups in total. The number of ether oxygens (including phenoxy) is 3. The molecule has 1 aliphatic carbocycles. The molecule has 1 atom stereocenters. The number of benzene rings is 1. The largest absolute Gasteiger partial charge is 0.493 e. The minimum Gasteiger partial charge on any atom is -0.493 e. The lowest BCUT2D eigenvalue weighted by molar-refractivity contribution is 0.176. The highest BCUT2D eigenvalue weighted by Gasteiger charge is 2.22. The molecule has 1 aromatic carbocycles. The lowest BCUT2D eigenvalue weighted by atomic mass is 10.3. The number of pyridine rings is 1. The molecule has 0 aliphatic heterocycles. The predicted molar refractivity (Wildman–Crippen MR) is 111 cm³/mol. The van der Waals surface area contributed by atoms with Crippen LogP contribution in [0.25, 0.3) is 11.5 Å². The van der Waals surface area contributed by atoms with Crippen molar-refractivity contribution in [3.8, 4) is 34.8 Å². The van der Waals surface area contributed by atoms with E-state index in [1.807, 2.05) is 24.3 Å². The molecule has 1 fully saturated rings. The molecule has 2 aromatic heterocycles. The van der Waals surface area contributed by atoms with Gasteiger partial charge in [0.2, 0.25) is 11.8 Å². The molecule has 3 aromatic rings. The second-order valence-corrected chi connectivity index (χ2v) is 7.36. The molecule has 0 radical (unpaired) electrons. The van der Waals surface area contributed by atoms with E-state index in [-0.39, 0.29) is 18.6 Å². The lowest BCUT2D eigenvalue weighted by Crippen LogP contribution is -2.35. The first-order valence-corrected chi connectivity index (χ1v) is 10.0. The van der Waals surface area contributed by atoms with Crippen LogP contribution >= 0.6 is 0 Å². The summed E-state index contributed by atoms with van der Waals surface area (Å²) >= 11 is 0. The number of carbonyl (C=O) groups is 1. The molecule has 0 unspecified atom stereocenters. The molecule has 162 valence electrons. The Morgan fingerprint density at radius 1 is 1.19 bits per heavy atom. The van der Waals surface area contributed by atoms with Crippen LogP contribution in [0.5, 0.6) is 23.3 Å². The summed E-state index contributed by atoms with van der Waals surface area (Å²) in [6.07, 6.45) is 4.39. The van der Waals surface area contributed by atoms with Gasteiger partial charge >= 0.3 is 12.0 Å². The molecule has 4 rings (SSSR count). The van der Waals surface area contributed by atoms with Crippen molar-refractivity contribution in [3.63, 3.8) is 0 Å². The van der Waals surface area contributed by atoms with Gasteiger partial charge in [0.05, 0.1) is 18.2 Å². The van der Waals surface area contributed by atoms with E-state index in [0.29, 0.717) is 29.0 Å². The normalized spacial score (nSPS) is 14.0. The minimum atomic E-state index is -1.11. The summed E-state index contributed by atoms with van der Waals surface area (Å²) in [6, 6.07) is 10.6. The highest BCUT2D eigenvalue weighted by Crippen LogP contribution is 2.31. The van der Waals surface area contributed by atoms with Gasteiger partial charge < -0.3 is 29.1 Å². The molecular weight excluding hydrogens is 402 g/mol. The number of nitrogens with zero attached hydrogens (tertiary/aromatic N) is 2. The quantitative estimate of drug-likeness (QED) is 0.492. The Morgan fingerprint density at radius 2 is 2.03 bits per heavy atom. The fraction of sp³-hybridized carbons (Fsp3) is 0.318.